The van der Waals surface area contributed by atoms with Crippen LogP contribution in [0.5, 0.6) is 5.75 Å². The van der Waals surface area contributed by atoms with Crippen molar-refractivity contribution in [2.75, 3.05) is 12.4 Å². The quantitative estimate of drug-likeness (QED) is 0.858. The highest BCUT2D eigenvalue weighted by atomic mass is 35.5. The highest BCUT2D eigenvalue weighted by molar-refractivity contribution is 6.18. The van der Waals surface area contributed by atoms with Gasteiger partial charge in [-0.3, -0.25) is 4.79 Å². The average Bonchev–Trinajstić information content (AvgIpc) is 2.50. The van der Waals surface area contributed by atoms with Crippen molar-refractivity contribution in [1.82, 2.24) is 4.90 Å². The molecule has 0 saturated carbocycles. The largest absolute Gasteiger partial charge is 0.508 e. The fraction of sp³-hybridized carbons (Fsp3) is 0.235. The number of hydrogen-bond donors (Lipinski definition) is 1. The molecule has 1 amide bonds. The summed E-state index contributed by atoms with van der Waals surface area (Å²) < 4.78 is 0. The van der Waals surface area contributed by atoms with Crippen molar-refractivity contribution >= 4 is 17.5 Å². The van der Waals surface area contributed by atoms with Gasteiger partial charge in [0.25, 0.3) is 5.91 Å². The molecule has 0 aliphatic rings. The molecule has 0 bridgehead atoms. The van der Waals surface area contributed by atoms with Crippen LogP contribution in [0.15, 0.2) is 48.5 Å². The lowest BCUT2D eigenvalue weighted by molar-refractivity contribution is 0.0753. The molecule has 21 heavy (non-hydrogen) atoms. The molecule has 0 heterocycles. The van der Waals surface area contributed by atoms with E-state index in [9.17, 15) is 9.90 Å². The third-order valence-corrected chi connectivity index (χ3v) is 3.47. The van der Waals surface area contributed by atoms with Crippen LogP contribution in [-0.4, -0.2) is 28.3 Å². The third-order valence-electron chi connectivity index (χ3n) is 3.30. The minimum atomic E-state index is -0.0809. The molecule has 0 aromatic heterocycles. The highest BCUT2D eigenvalue weighted by Crippen LogP contribution is 2.19. The first-order valence-corrected chi connectivity index (χ1v) is 7.34. The van der Waals surface area contributed by atoms with Crippen LogP contribution in [0.1, 0.15) is 21.5 Å². The monoisotopic (exact) mass is 303 g/mol. The van der Waals surface area contributed by atoms with Crippen LogP contribution < -0.4 is 0 Å². The predicted molar refractivity (Wildman–Crippen MR) is 84.7 cm³/mol. The number of phenols is 1. The molecule has 0 atom stereocenters. The molecule has 0 aliphatic carbocycles. The summed E-state index contributed by atoms with van der Waals surface area (Å²) in [4.78, 5) is 14.3. The lowest BCUT2D eigenvalue weighted by Crippen LogP contribution is -2.32. The van der Waals surface area contributed by atoms with Crippen molar-refractivity contribution in [2.45, 2.75) is 13.5 Å². The van der Waals surface area contributed by atoms with Crippen molar-refractivity contribution in [3.8, 4) is 5.75 Å². The van der Waals surface area contributed by atoms with Gasteiger partial charge in [-0.05, 0) is 36.2 Å². The highest BCUT2D eigenvalue weighted by Gasteiger charge is 2.16. The fourth-order valence-electron chi connectivity index (χ4n) is 2.13. The number of phenolic OH excluding ortho intramolecular Hbond substituents is 1. The van der Waals surface area contributed by atoms with E-state index >= 15 is 0 Å². The van der Waals surface area contributed by atoms with E-state index in [1.165, 1.54) is 0 Å². The Balaban J connectivity index is 2.20. The summed E-state index contributed by atoms with van der Waals surface area (Å²) in [5, 5.41) is 9.56. The molecular formula is C17H18ClNO2. The Morgan fingerprint density at radius 2 is 1.90 bits per heavy atom. The number of benzene rings is 2. The lowest BCUT2D eigenvalue weighted by Gasteiger charge is -2.22. The van der Waals surface area contributed by atoms with Crippen molar-refractivity contribution in [2.24, 2.45) is 0 Å². The first-order valence-electron chi connectivity index (χ1n) is 6.80. The molecule has 110 valence electrons. The van der Waals surface area contributed by atoms with E-state index in [0.717, 1.165) is 5.56 Å². The van der Waals surface area contributed by atoms with E-state index in [1.54, 1.807) is 30.0 Å². The van der Waals surface area contributed by atoms with Gasteiger partial charge in [0.1, 0.15) is 5.75 Å². The Morgan fingerprint density at radius 1 is 1.19 bits per heavy atom. The summed E-state index contributed by atoms with van der Waals surface area (Å²) in [5.74, 6) is 0.497. The first kappa shape index (κ1) is 15.4. The second kappa shape index (κ2) is 7.14. The van der Waals surface area contributed by atoms with Gasteiger partial charge in [0, 0.05) is 24.5 Å². The van der Waals surface area contributed by atoms with E-state index in [0.29, 0.717) is 30.1 Å². The zero-order chi connectivity index (χ0) is 15.2. The van der Waals surface area contributed by atoms with Gasteiger partial charge in [0.15, 0.2) is 0 Å². The van der Waals surface area contributed by atoms with Crippen LogP contribution in [0, 0.1) is 6.92 Å². The number of amides is 1. The third kappa shape index (κ3) is 3.99. The Morgan fingerprint density at radius 3 is 2.52 bits per heavy atom. The van der Waals surface area contributed by atoms with Crippen LogP contribution in [0.3, 0.4) is 0 Å². The van der Waals surface area contributed by atoms with Crippen LogP contribution in [0.2, 0.25) is 0 Å². The molecule has 2 rings (SSSR count). The lowest BCUT2D eigenvalue weighted by atomic mass is 10.1. The summed E-state index contributed by atoms with van der Waals surface area (Å²) in [7, 11) is 0. The molecule has 0 fully saturated rings. The van der Waals surface area contributed by atoms with E-state index in [-0.39, 0.29) is 11.7 Å². The Kier molecular flexibility index (Phi) is 5.23. The topological polar surface area (TPSA) is 40.5 Å². The molecule has 4 heteroatoms. The van der Waals surface area contributed by atoms with E-state index in [1.807, 2.05) is 30.3 Å². The van der Waals surface area contributed by atoms with Crippen LogP contribution in [0.4, 0.5) is 0 Å². The Bertz CT molecular complexity index is 613. The summed E-state index contributed by atoms with van der Waals surface area (Å²) in [6.07, 6.45) is 0. The standard InChI is InChI=1S/C17H18ClNO2/c1-13-11-15(7-8-16(13)20)17(21)19(10-9-18)12-14-5-3-2-4-6-14/h2-8,11,20H,9-10,12H2,1H3. The van der Waals surface area contributed by atoms with E-state index in [4.69, 9.17) is 11.6 Å². The Hall–Kier alpha value is -2.00. The van der Waals surface area contributed by atoms with Crippen LogP contribution >= 0.6 is 11.6 Å². The van der Waals surface area contributed by atoms with E-state index in [2.05, 4.69) is 0 Å². The average molecular weight is 304 g/mol. The maximum absolute atomic E-state index is 12.6. The zero-order valence-corrected chi connectivity index (χ0v) is 12.7. The molecule has 3 nitrogen and oxygen atoms in total. The summed E-state index contributed by atoms with van der Waals surface area (Å²) in [6, 6.07) is 14.7. The number of rotatable bonds is 5. The Labute approximate surface area is 129 Å². The molecule has 0 radical (unpaired) electrons. The summed E-state index contributed by atoms with van der Waals surface area (Å²) in [6.45, 7) is 2.77. The smallest absolute Gasteiger partial charge is 0.254 e. The first-order chi connectivity index (χ1) is 10.1. The number of aryl methyl sites for hydroxylation is 1. The van der Waals surface area contributed by atoms with Gasteiger partial charge >= 0.3 is 0 Å². The van der Waals surface area contributed by atoms with Crippen molar-refractivity contribution < 1.29 is 9.90 Å². The second-order valence-corrected chi connectivity index (χ2v) is 5.28. The zero-order valence-electron chi connectivity index (χ0n) is 11.9. The maximum Gasteiger partial charge on any atom is 0.254 e. The van der Waals surface area contributed by atoms with Crippen LogP contribution in [-0.2, 0) is 6.54 Å². The minimum Gasteiger partial charge on any atom is -0.508 e. The molecular weight excluding hydrogens is 286 g/mol. The van der Waals surface area contributed by atoms with Gasteiger partial charge < -0.3 is 10.0 Å². The molecule has 0 unspecified atom stereocenters. The van der Waals surface area contributed by atoms with Crippen molar-refractivity contribution in [3.05, 3.63) is 65.2 Å². The number of alkyl halides is 1. The summed E-state index contributed by atoms with van der Waals surface area (Å²) >= 11 is 5.82. The fourth-order valence-corrected chi connectivity index (χ4v) is 2.33. The predicted octanol–water partition coefficient (Wildman–Crippen LogP) is 3.58. The molecule has 2 aromatic rings. The molecule has 1 N–H and O–H groups in total. The van der Waals surface area contributed by atoms with Gasteiger partial charge in [-0.2, -0.15) is 0 Å². The minimum absolute atomic E-state index is 0.0809. The molecule has 0 spiro atoms. The maximum atomic E-state index is 12.6. The second-order valence-electron chi connectivity index (χ2n) is 4.90. The van der Waals surface area contributed by atoms with Gasteiger partial charge in [-0.25, -0.2) is 0 Å². The molecule has 0 saturated heterocycles. The van der Waals surface area contributed by atoms with Crippen molar-refractivity contribution in [3.63, 3.8) is 0 Å². The van der Waals surface area contributed by atoms with Gasteiger partial charge in [0.05, 0.1) is 0 Å². The van der Waals surface area contributed by atoms with Crippen LogP contribution in [0.25, 0.3) is 0 Å². The van der Waals surface area contributed by atoms with Gasteiger partial charge in [-0.1, -0.05) is 30.3 Å². The number of carbonyl (C=O) groups is 1. The van der Waals surface area contributed by atoms with Gasteiger partial charge in [0.2, 0.25) is 0 Å². The molecule has 0 aliphatic heterocycles. The number of carbonyl (C=O) groups excluding carboxylic acids is 1. The number of hydrogen-bond acceptors (Lipinski definition) is 2. The van der Waals surface area contributed by atoms with Crippen molar-refractivity contribution in [1.29, 1.82) is 0 Å². The number of halogens is 1. The number of aromatic hydroxyl groups is 1. The molecule has 2 aromatic carbocycles. The summed E-state index contributed by atoms with van der Waals surface area (Å²) in [5.41, 5.74) is 2.31. The normalized spacial score (nSPS) is 10.4. The number of nitrogens with zero attached hydrogens (tertiary/aromatic N) is 1. The van der Waals surface area contributed by atoms with Gasteiger partial charge in [-0.15, -0.1) is 11.6 Å². The SMILES string of the molecule is Cc1cc(C(=O)N(CCCl)Cc2ccccc2)ccc1O. The van der Waals surface area contributed by atoms with E-state index < -0.39 is 0 Å².